The van der Waals surface area contributed by atoms with Crippen molar-refractivity contribution in [2.75, 3.05) is 6.54 Å². The molecule has 4 aliphatic rings. The third-order valence-corrected chi connectivity index (χ3v) is 18.4. The Morgan fingerprint density at radius 1 is 0.860 bits per heavy atom. The molecule has 2 amide bonds. The number of aryl methyl sites for hydroxylation is 1. The maximum atomic E-state index is 13.6. The van der Waals surface area contributed by atoms with Crippen molar-refractivity contribution in [3.05, 3.63) is 95.6 Å². The quantitative estimate of drug-likeness (QED) is 0.0681. The summed E-state index contributed by atoms with van der Waals surface area (Å²) in [6.45, 7) is 24.8. The molecule has 0 aliphatic carbocycles. The number of fused-ring (bicyclic) bond motifs is 1. The molecule has 57 heavy (non-hydrogen) atoms. The van der Waals surface area contributed by atoms with Crippen molar-refractivity contribution in [2.24, 2.45) is 17.8 Å². The van der Waals surface area contributed by atoms with Crippen molar-refractivity contribution < 1.29 is 33.0 Å². The van der Waals surface area contributed by atoms with Crippen LogP contribution >= 0.6 is 0 Å². The third-order valence-electron chi connectivity index (χ3n) is 13.9. The SMILES string of the molecule is C=C1C[C@H](CCC=O)OC1CC[C@H]1C[C@@H](C)C(=C)C(C[C@@H]2O[C@H](C[C@@H](CN3C(=O)c4ccccc4C3=O)O[Si](C)(C)C(C)(C)C)[C@H](C)C2CCc2ccccc2)O1. The van der Waals surface area contributed by atoms with Crippen LogP contribution in [0.5, 0.6) is 0 Å². The smallest absolute Gasteiger partial charge is 0.261 e. The lowest BCUT2D eigenvalue weighted by molar-refractivity contribution is -0.108. The summed E-state index contributed by atoms with van der Waals surface area (Å²) in [6, 6.07) is 17.8. The van der Waals surface area contributed by atoms with E-state index in [0.717, 1.165) is 68.8 Å². The van der Waals surface area contributed by atoms with Crippen LogP contribution in [-0.2, 0) is 29.9 Å². The van der Waals surface area contributed by atoms with E-state index in [9.17, 15) is 14.4 Å². The highest BCUT2D eigenvalue weighted by Crippen LogP contribution is 2.45. The zero-order chi connectivity index (χ0) is 41.1. The number of ether oxygens (including phenoxy) is 3. The van der Waals surface area contributed by atoms with Gasteiger partial charge in [-0.15, -0.1) is 0 Å². The van der Waals surface area contributed by atoms with Gasteiger partial charge in [-0.25, -0.2) is 0 Å². The summed E-state index contributed by atoms with van der Waals surface area (Å²) in [7, 11) is -2.31. The predicted molar refractivity (Wildman–Crippen MR) is 228 cm³/mol. The van der Waals surface area contributed by atoms with Gasteiger partial charge in [0.1, 0.15) is 6.29 Å². The van der Waals surface area contributed by atoms with Gasteiger partial charge in [-0.3, -0.25) is 14.5 Å². The van der Waals surface area contributed by atoms with Crippen LogP contribution in [0.3, 0.4) is 0 Å². The van der Waals surface area contributed by atoms with Gasteiger partial charge in [0.2, 0.25) is 0 Å². The lowest BCUT2D eigenvalue weighted by Crippen LogP contribution is -2.49. The largest absolute Gasteiger partial charge is 0.412 e. The van der Waals surface area contributed by atoms with Crippen LogP contribution in [0.25, 0.3) is 0 Å². The monoisotopic (exact) mass is 797 g/mol. The molecule has 3 fully saturated rings. The van der Waals surface area contributed by atoms with Gasteiger partial charge in [0.15, 0.2) is 8.32 Å². The summed E-state index contributed by atoms with van der Waals surface area (Å²) in [5.41, 5.74) is 4.48. The Labute approximate surface area is 342 Å². The molecule has 310 valence electrons. The van der Waals surface area contributed by atoms with Crippen LogP contribution < -0.4 is 0 Å². The minimum Gasteiger partial charge on any atom is -0.412 e. The molecule has 0 bridgehead atoms. The molecule has 0 spiro atoms. The Bertz CT molecular complexity index is 1720. The van der Waals surface area contributed by atoms with E-state index >= 15 is 0 Å². The Hall–Kier alpha value is -3.21. The molecule has 6 rings (SSSR count). The van der Waals surface area contributed by atoms with Crippen molar-refractivity contribution in [3.8, 4) is 0 Å². The number of rotatable bonds is 17. The summed E-state index contributed by atoms with van der Waals surface area (Å²) >= 11 is 0. The van der Waals surface area contributed by atoms with Crippen molar-refractivity contribution >= 4 is 26.4 Å². The molecular formula is C48H67NO7Si. The van der Waals surface area contributed by atoms with Gasteiger partial charge >= 0.3 is 0 Å². The van der Waals surface area contributed by atoms with Gasteiger partial charge in [0.25, 0.3) is 11.8 Å². The van der Waals surface area contributed by atoms with Crippen LogP contribution in [0, 0.1) is 17.8 Å². The average molecular weight is 798 g/mol. The number of carbonyl (C=O) groups is 3. The number of carbonyl (C=O) groups excluding carboxylic acids is 3. The minimum absolute atomic E-state index is 0.00748. The van der Waals surface area contributed by atoms with Crippen LogP contribution in [0.4, 0.5) is 0 Å². The molecule has 3 saturated heterocycles. The zero-order valence-corrected chi connectivity index (χ0v) is 36.5. The summed E-state index contributed by atoms with van der Waals surface area (Å²) in [6.07, 6.45) is 8.45. The van der Waals surface area contributed by atoms with Crippen LogP contribution in [0.1, 0.15) is 119 Å². The van der Waals surface area contributed by atoms with E-state index in [1.54, 1.807) is 12.1 Å². The lowest BCUT2D eigenvalue weighted by Gasteiger charge is -2.40. The third kappa shape index (κ3) is 10.2. The van der Waals surface area contributed by atoms with E-state index < -0.39 is 8.32 Å². The van der Waals surface area contributed by atoms with Gasteiger partial charge in [-0.2, -0.15) is 0 Å². The van der Waals surface area contributed by atoms with Gasteiger partial charge in [0.05, 0.1) is 60.4 Å². The fraction of sp³-hybridized carbons (Fsp3) is 0.604. The molecule has 2 aromatic rings. The first-order valence-corrected chi connectivity index (χ1v) is 24.4. The molecule has 4 heterocycles. The number of aldehydes is 1. The van der Waals surface area contributed by atoms with Crippen molar-refractivity contribution in [1.82, 2.24) is 4.90 Å². The first-order valence-electron chi connectivity index (χ1n) is 21.5. The Morgan fingerprint density at radius 3 is 2.16 bits per heavy atom. The number of benzene rings is 2. The lowest BCUT2D eigenvalue weighted by atomic mass is 9.79. The minimum atomic E-state index is -2.31. The highest BCUT2D eigenvalue weighted by atomic mass is 28.4. The zero-order valence-electron chi connectivity index (χ0n) is 35.5. The number of nitrogens with zero attached hydrogens (tertiary/aromatic N) is 1. The van der Waals surface area contributed by atoms with Crippen LogP contribution in [0.2, 0.25) is 18.1 Å². The van der Waals surface area contributed by atoms with Crippen LogP contribution in [0.15, 0.2) is 78.9 Å². The highest BCUT2D eigenvalue weighted by molar-refractivity contribution is 6.74. The fourth-order valence-electron chi connectivity index (χ4n) is 9.29. The van der Waals surface area contributed by atoms with E-state index in [1.165, 1.54) is 10.5 Å². The first kappa shape index (κ1) is 43.4. The molecule has 0 radical (unpaired) electrons. The Morgan fingerprint density at radius 2 is 1.51 bits per heavy atom. The first-order chi connectivity index (χ1) is 27.1. The van der Waals surface area contributed by atoms with Gasteiger partial charge < -0.3 is 23.4 Å². The Balaban J connectivity index is 1.19. The molecule has 2 aromatic carbocycles. The van der Waals surface area contributed by atoms with Crippen LogP contribution in [-0.4, -0.2) is 80.6 Å². The van der Waals surface area contributed by atoms with E-state index in [-0.39, 0.29) is 78.0 Å². The second-order valence-electron chi connectivity index (χ2n) is 18.9. The van der Waals surface area contributed by atoms with Gasteiger partial charge in [0, 0.05) is 19.3 Å². The normalized spacial score (nSPS) is 29.9. The Kier molecular flexibility index (Phi) is 14.0. The summed E-state index contributed by atoms with van der Waals surface area (Å²) in [4.78, 5) is 39.6. The average Bonchev–Trinajstić information content (AvgIpc) is 3.76. The van der Waals surface area contributed by atoms with Crippen molar-refractivity contribution in [2.45, 2.75) is 160 Å². The summed E-state index contributed by atoms with van der Waals surface area (Å²) in [5.74, 6) is 0.303. The van der Waals surface area contributed by atoms with E-state index in [4.69, 9.17) is 18.6 Å². The second-order valence-corrected chi connectivity index (χ2v) is 23.6. The van der Waals surface area contributed by atoms with Gasteiger partial charge in [-0.1, -0.05) is 90.2 Å². The molecule has 9 heteroatoms. The molecule has 10 atom stereocenters. The van der Waals surface area contributed by atoms with E-state index in [0.29, 0.717) is 29.9 Å². The number of amides is 2. The van der Waals surface area contributed by atoms with Gasteiger partial charge in [-0.05, 0) is 110 Å². The highest BCUT2D eigenvalue weighted by Gasteiger charge is 2.48. The van der Waals surface area contributed by atoms with Crippen molar-refractivity contribution in [1.29, 1.82) is 0 Å². The summed E-state index contributed by atoms with van der Waals surface area (Å²) in [5, 5.41) is -0.0583. The van der Waals surface area contributed by atoms with E-state index in [2.05, 4.69) is 91.2 Å². The number of imide groups is 1. The molecule has 0 N–H and O–H groups in total. The molecule has 0 aromatic heterocycles. The number of hydrogen-bond donors (Lipinski definition) is 0. The predicted octanol–water partition coefficient (Wildman–Crippen LogP) is 9.93. The van der Waals surface area contributed by atoms with E-state index in [1.807, 2.05) is 12.1 Å². The van der Waals surface area contributed by atoms with Crippen molar-refractivity contribution in [3.63, 3.8) is 0 Å². The standard InChI is InChI=1S/C48H67NO7Si/c1-31-26-37(22-24-42-32(2)27-36(53-42)18-15-25-50)54-44(33(31)3)29-45-39(23-21-35-16-11-10-12-17-35)34(4)43(55-45)28-38(56-57(8,9)48(5,6)7)30-49-46(51)40-19-13-14-20-41(40)47(49)52/h10-14,16-17,19-20,25,31,34,36-39,42-45H,2-3,15,18,21-24,26-30H2,1,4-9H3/t31-,34-,36+,37+,38+,39?,42?,43-,44?,45+/m1/s1. The molecule has 3 unspecified atom stereocenters. The topological polar surface area (TPSA) is 91.4 Å². The maximum Gasteiger partial charge on any atom is 0.261 e. The summed E-state index contributed by atoms with van der Waals surface area (Å²) < 4.78 is 27.5. The molecule has 4 aliphatic heterocycles. The second kappa shape index (κ2) is 18.4. The molecule has 0 saturated carbocycles. The number of hydrogen-bond acceptors (Lipinski definition) is 7. The maximum absolute atomic E-state index is 13.6. The molecular weight excluding hydrogens is 731 g/mol. The molecule has 8 nitrogen and oxygen atoms in total. The fourth-order valence-corrected chi connectivity index (χ4v) is 10.6.